The zero-order valence-corrected chi connectivity index (χ0v) is 15.5. The van der Waals surface area contributed by atoms with Gasteiger partial charge < -0.3 is 9.88 Å². The molecule has 1 aliphatic rings. The standard InChI is InChI=1S/C18H21ClN4OS/c1-2-11-23-17(13-7-3-4-8-13)21-22-18(23)25-12-16(24)20-15-10-6-5-9-14(15)19/h2,5-6,9-10,13H,1,3-4,7-8,11-12H2,(H,20,24). The molecule has 0 unspecified atom stereocenters. The van der Waals surface area contributed by atoms with Gasteiger partial charge in [0.15, 0.2) is 5.16 Å². The molecule has 0 bridgehead atoms. The highest BCUT2D eigenvalue weighted by Gasteiger charge is 2.24. The number of para-hydroxylation sites is 1. The van der Waals surface area contributed by atoms with Crippen LogP contribution in [0.2, 0.25) is 5.02 Å². The summed E-state index contributed by atoms with van der Waals surface area (Å²) in [6.07, 6.45) is 6.65. The van der Waals surface area contributed by atoms with E-state index in [2.05, 4.69) is 26.7 Å². The Kier molecular flexibility index (Phi) is 6.15. The van der Waals surface area contributed by atoms with E-state index in [1.54, 1.807) is 12.1 Å². The predicted octanol–water partition coefficient (Wildman–Crippen LogP) is 4.51. The second-order valence-electron chi connectivity index (χ2n) is 6.04. The number of rotatable bonds is 7. The van der Waals surface area contributed by atoms with Crippen molar-refractivity contribution in [1.29, 1.82) is 0 Å². The molecule has 1 heterocycles. The van der Waals surface area contributed by atoms with Crippen LogP contribution in [-0.4, -0.2) is 26.4 Å². The van der Waals surface area contributed by atoms with Gasteiger partial charge in [-0.15, -0.1) is 16.8 Å². The van der Waals surface area contributed by atoms with Crippen molar-refractivity contribution in [3.05, 3.63) is 47.8 Å². The lowest BCUT2D eigenvalue weighted by atomic mass is 10.1. The van der Waals surface area contributed by atoms with E-state index in [0.29, 0.717) is 23.2 Å². The van der Waals surface area contributed by atoms with E-state index in [-0.39, 0.29) is 11.7 Å². The second kappa shape index (κ2) is 8.54. The zero-order valence-electron chi connectivity index (χ0n) is 13.9. The minimum atomic E-state index is -0.117. The Labute approximate surface area is 156 Å². The summed E-state index contributed by atoms with van der Waals surface area (Å²) in [5.41, 5.74) is 0.619. The molecule has 7 heteroatoms. The fraction of sp³-hybridized carbons (Fsp3) is 0.389. The van der Waals surface area contributed by atoms with E-state index in [4.69, 9.17) is 11.6 Å². The number of allylic oxidation sites excluding steroid dienone is 1. The van der Waals surface area contributed by atoms with E-state index in [1.165, 1.54) is 24.6 Å². The van der Waals surface area contributed by atoms with Gasteiger partial charge in [-0.2, -0.15) is 0 Å². The van der Waals surface area contributed by atoms with Crippen LogP contribution in [0.25, 0.3) is 0 Å². The van der Waals surface area contributed by atoms with Gasteiger partial charge in [-0.1, -0.05) is 54.4 Å². The Morgan fingerprint density at radius 3 is 2.84 bits per heavy atom. The third-order valence-electron chi connectivity index (χ3n) is 4.26. The molecule has 1 aliphatic carbocycles. The maximum atomic E-state index is 12.2. The van der Waals surface area contributed by atoms with Crippen molar-refractivity contribution in [3.63, 3.8) is 0 Å². The van der Waals surface area contributed by atoms with Crippen LogP contribution in [0.4, 0.5) is 5.69 Å². The van der Waals surface area contributed by atoms with Crippen molar-refractivity contribution >= 4 is 35.0 Å². The molecule has 132 valence electrons. The first-order valence-corrected chi connectivity index (χ1v) is 9.76. The maximum Gasteiger partial charge on any atom is 0.234 e. The SMILES string of the molecule is C=CCn1c(SCC(=O)Nc2ccccc2Cl)nnc1C1CCCC1. The first-order chi connectivity index (χ1) is 12.2. The Morgan fingerprint density at radius 2 is 2.12 bits per heavy atom. The molecule has 5 nitrogen and oxygen atoms in total. The van der Waals surface area contributed by atoms with Crippen LogP contribution < -0.4 is 5.32 Å². The fourth-order valence-corrected chi connectivity index (χ4v) is 4.01. The normalized spacial score (nSPS) is 14.6. The number of hydrogen-bond acceptors (Lipinski definition) is 4. The number of benzene rings is 1. The summed E-state index contributed by atoms with van der Waals surface area (Å²) in [4.78, 5) is 12.2. The van der Waals surface area contributed by atoms with Crippen molar-refractivity contribution in [1.82, 2.24) is 14.8 Å². The van der Waals surface area contributed by atoms with Gasteiger partial charge in [0, 0.05) is 12.5 Å². The monoisotopic (exact) mass is 376 g/mol. The molecule has 3 rings (SSSR count). The highest BCUT2D eigenvalue weighted by atomic mass is 35.5. The minimum Gasteiger partial charge on any atom is -0.324 e. The lowest BCUT2D eigenvalue weighted by Crippen LogP contribution is -2.15. The summed E-state index contributed by atoms with van der Waals surface area (Å²) in [5, 5.41) is 12.8. The maximum absolute atomic E-state index is 12.2. The quantitative estimate of drug-likeness (QED) is 0.570. The summed E-state index contributed by atoms with van der Waals surface area (Å²) in [6, 6.07) is 7.19. The third kappa shape index (κ3) is 4.44. The first-order valence-electron chi connectivity index (χ1n) is 8.40. The third-order valence-corrected chi connectivity index (χ3v) is 5.55. The number of hydrogen-bond donors (Lipinski definition) is 1. The molecule has 1 aromatic heterocycles. The molecule has 1 fully saturated rings. The van der Waals surface area contributed by atoms with E-state index in [9.17, 15) is 4.79 Å². The van der Waals surface area contributed by atoms with Crippen LogP contribution in [0.15, 0.2) is 42.1 Å². The highest BCUT2D eigenvalue weighted by molar-refractivity contribution is 7.99. The Hall–Kier alpha value is -1.79. The molecule has 0 atom stereocenters. The van der Waals surface area contributed by atoms with E-state index in [0.717, 1.165) is 23.8 Å². The molecule has 25 heavy (non-hydrogen) atoms. The minimum absolute atomic E-state index is 0.117. The van der Waals surface area contributed by atoms with Crippen molar-refractivity contribution < 1.29 is 4.79 Å². The van der Waals surface area contributed by atoms with Crippen LogP contribution in [-0.2, 0) is 11.3 Å². The fourth-order valence-electron chi connectivity index (χ4n) is 3.07. The summed E-state index contributed by atoms with van der Waals surface area (Å²) < 4.78 is 2.08. The molecule has 1 N–H and O–H groups in total. The lowest BCUT2D eigenvalue weighted by molar-refractivity contribution is -0.113. The summed E-state index contributed by atoms with van der Waals surface area (Å²) in [6.45, 7) is 4.49. The van der Waals surface area contributed by atoms with Crippen molar-refractivity contribution in [2.45, 2.75) is 43.3 Å². The van der Waals surface area contributed by atoms with E-state index >= 15 is 0 Å². The van der Waals surface area contributed by atoms with Gasteiger partial charge >= 0.3 is 0 Å². The largest absolute Gasteiger partial charge is 0.324 e. The average Bonchev–Trinajstić information content (AvgIpc) is 3.25. The summed E-state index contributed by atoms with van der Waals surface area (Å²) in [7, 11) is 0. The first kappa shape index (κ1) is 18.0. The van der Waals surface area contributed by atoms with Crippen LogP contribution in [0.1, 0.15) is 37.4 Å². The molecule has 0 saturated heterocycles. The van der Waals surface area contributed by atoms with Crippen molar-refractivity contribution in [2.75, 3.05) is 11.1 Å². The van der Waals surface area contributed by atoms with Crippen LogP contribution in [0.3, 0.4) is 0 Å². The molecular weight excluding hydrogens is 356 g/mol. The molecule has 0 aliphatic heterocycles. The Balaban J connectivity index is 1.65. The van der Waals surface area contributed by atoms with Crippen LogP contribution in [0.5, 0.6) is 0 Å². The number of halogens is 1. The average molecular weight is 377 g/mol. The molecule has 2 aromatic rings. The molecule has 0 spiro atoms. The van der Waals surface area contributed by atoms with Gasteiger partial charge in [-0.05, 0) is 25.0 Å². The number of nitrogens with zero attached hydrogens (tertiary/aromatic N) is 3. The van der Waals surface area contributed by atoms with Gasteiger partial charge in [0.1, 0.15) is 5.82 Å². The smallest absolute Gasteiger partial charge is 0.234 e. The summed E-state index contributed by atoms with van der Waals surface area (Å²) >= 11 is 7.46. The number of aromatic nitrogens is 3. The zero-order chi connectivity index (χ0) is 17.6. The van der Waals surface area contributed by atoms with Gasteiger partial charge in [-0.25, -0.2) is 0 Å². The van der Waals surface area contributed by atoms with E-state index in [1.807, 2.05) is 18.2 Å². The van der Waals surface area contributed by atoms with Crippen molar-refractivity contribution in [2.24, 2.45) is 0 Å². The lowest BCUT2D eigenvalue weighted by Gasteiger charge is -2.12. The van der Waals surface area contributed by atoms with Gasteiger partial charge in [-0.3, -0.25) is 4.79 Å². The molecule has 0 radical (unpaired) electrons. The topological polar surface area (TPSA) is 59.8 Å². The molecule has 1 saturated carbocycles. The molecular formula is C18H21ClN4OS. The molecule has 1 amide bonds. The highest BCUT2D eigenvalue weighted by Crippen LogP contribution is 2.34. The number of carbonyl (C=O) groups is 1. The van der Waals surface area contributed by atoms with E-state index < -0.39 is 0 Å². The van der Waals surface area contributed by atoms with Gasteiger partial charge in [0.25, 0.3) is 0 Å². The van der Waals surface area contributed by atoms with Crippen LogP contribution in [0, 0.1) is 0 Å². The second-order valence-corrected chi connectivity index (χ2v) is 7.39. The number of carbonyl (C=O) groups excluding carboxylic acids is 1. The number of amides is 1. The Bertz CT molecular complexity index is 755. The number of nitrogens with one attached hydrogen (secondary N) is 1. The van der Waals surface area contributed by atoms with Gasteiger partial charge in [0.05, 0.1) is 16.5 Å². The van der Waals surface area contributed by atoms with Crippen LogP contribution >= 0.6 is 23.4 Å². The predicted molar refractivity (Wildman–Crippen MR) is 102 cm³/mol. The number of thioether (sulfide) groups is 1. The molecule has 1 aromatic carbocycles. The summed E-state index contributed by atoms with van der Waals surface area (Å²) in [5.74, 6) is 1.63. The van der Waals surface area contributed by atoms with Crippen molar-refractivity contribution in [3.8, 4) is 0 Å². The number of anilines is 1. The Morgan fingerprint density at radius 1 is 1.36 bits per heavy atom. The van der Waals surface area contributed by atoms with Gasteiger partial charge in [0.2, 0.25) is 5.91 Å².